The summed E-state index contributed by atoms with van der Waals surface area (Å²) in [5.74, 6) is -0.961. The van der Waals surface area contributed by atoms with Crippen LogP contribution in [0, 0.1) is 15.9 Å². The van der Waals surface area contributed by atoms with Gasteiger partial charge in [-0.05, 0) is 66.2 Å². The number of hydrogen-bond acceptors (Lipinski definition) is 7. The van der Waals surface area contributed by atoms with Gasteiger partial charge in [0.05, 0.1) is 22.6 Å². The van der Waals surface area contributed by atoms with E-state index in [-0.39, 0.29) is 22.1 Å². The first kappa shape index (κ1) is 24.4. The molecular formula is C23H19FN2O7S. The summed E-state index contributed by atoms with van der Waals surface area (Å²) in [6.07, 6.45) is 2.50. The number of sulfonamides is 1. The molecule has 3 aromatic rings. The maximum Gasteiger partial charge on any atom is 0.330 e. The molecule has 9 nitrogen and oxygen atoms in total. The zero-order chi connectivity index (χ0) is 24.9. The molecule has 0 fully saturated rings. The van der Waals surface area contributed by atoms with Crippen molar-refractivity contribution in [2.24, 2.45) is 0 Å². The molecule has 0 bridgehead atoms. The maximum absolute atomic E-state index is 13.1. The van der Waals surface area contributed by atoms with Gasteiger partial charge in [-0.3, -0.25) is 14.4 Å². The lowest BCUT2D eigenvalue weighted by atomic mass is 10.1. The predicted octanol–water partition coefficient (Wildman–Crippen LogP) is 4.54. The normalized spacial score (nSPS) is 11.3. The molecule has 11 heteroatoms. The zero-order valence-corrected chi connectivity index (χ0v) is 18.9. The molecule has 0 heterocycles. The molecule has 0 aliphatic heterocycles. The van der Waals surface area contributed by atoms with Gasteiger partial charge in [-0.25, -0.2) is 17.6 Å². The summed E-state index contributed by atoms with van der Waals surface area (Å²) < 4.78 is 49.8. The van der Waals surface area contributed by atoms with E-state index in [0.717, 1.165) is 22.5 Å². The molecule has 3 aromatic carbocycles. The Morgan fingerprint density at radius 1 is 1.06 bits per heavy atom. The maximum atomic E-state index is 13.1. The third kappa shape index (κ3) is 5.56. The Labute approximate surface area is 194 Å². The molecule has 0 N–H and O–H groups in total. The van der Waals surface area contributed by atoms with Crippen molar-refractivity contribution < 1.29 is 32.0 Å². The van der Waals surface area contributed by atoms with Gasteiger partial charge in [-0.1, -0.05) is 6.07 Å². The van der Waals surface area contributed by atoms with Crippen molar-refractivity contribution in [2.45, 2.75) is 4.90 Å². The van der Waals surface area contributed by atoms with Crippen LogP contribution in [0.4, 0.5) is 15.8 Å². The number of nitro benzene ring substituents is 1. The van der Waals surface area contributed by atoms with Crippen LogP contribution in [0.25, 0.3) is 6.08 Å². The largest absolute Gasteiger partial charge is 0.466 e. The van der Waals surface area contributed by atoms with Gasteiger partial charge in [0, 0.05) is 19.2 Å². The van der Waals surface area contributed by atoms with Crippen LogP contribution in [0.2, 0.25) is 0 Å². The van der Waals surface area contributed by atoms with Gasteiger partial charge in [0.1, 0.15) is 11.6 Å². The number of anilines is 1. The van der Waals surface area contributed by atoms with Crippen LogP contribution >= 0.6 is 0 Å². The third-order valence-electron chi connectivity index (χ3n) is 4.69. The van der Waals surface area contributed by atoms with Gasteiger partial charge >= 0.3 is 11.7 Å². The summed E-state index contributed by atoms with van der Waals surface area (Å²) >= 11 is 0. The smallest absolute Gasteiger partial charge is 0.330 e. The number of benzene rings is 3. The Bertz CT molecular complexity index is 1340. The van der Waals surface area contributed by atoms with Gasteiger partial charge < -0.3 is 9.47 Å². The van der Waals surface area contributed by atoms with E-state index in [1.165, 1.54) is 74.8 Å². The summed E-state index contributed by atoms with van der Waals surface area (Å²) in [7, 11) is -1.36. The van der Waals surface area contributed by atoms with E-state index in [2.05, 4.69) is 4.74 Å². The molecule has 34 heavy (non-hydrogen) atoms. The molecule has 0 aromatic heterocycles. The van der Waals surface area contributed by atoms with Crippen LogP contribution in [-0.4, -0.2) is 33.5 Å². The van der Waals surface area contributed by atoms with Crippen molar-refractivity contribution in [3.63, 3.8) is 0 Å². The predicted molar refractivity (Wildman–Crippen MR) is 123 cm³/mol. The molecule has 3 rings (SSSR count). The fourth-order valence-electron chi connectivity index (χ4n) is 2.85. The Morgan fingerprint density at radius 3 is 2.29 bits per heavy atom. The minimum Gasteiger partial charge on any atom is -0.466 e. The summed E-state index contributed by atoms with van der Waals surface area (Å²) in [4.78, 5) is 22.0. The van der Waals surface area contributed by atoms with E-state index in [0.29, 0.717) is 11.3 Å². The summed E-state index contributed by atoms with van der Waals surface area (Å²) in [6.45, 7) is 0. The second kappa shape index (κ2) is 10.1. The minimum atomic E-state index is -3.92. The minimum absolute atomic E-state index is 0.0414. The number of carbonyl (C=O) groups is 1. The average Bonchev–Trinajstić information content (AvgIpc) is 2.83. The Hall–Kier alpha value is -4.25. The lowest BCUT2D eigenvalue weighted by Crippen LogP contribution is -2.26. The van der Waals surface area contributed by atoms with Crippen LogP contribution < -0.4 is 9.04 Å². The number of halogens is 1. The summed E-state index contributed by atoms with van der Waals surface area (Å²) in [5.41, 5.74) is 0.369. The van der Waals surface area contributed by atoms with Crippen molar-refractivity contribution in [2.75, 3.05) is 18.5 Å². The van der Waals surface area contributed by atoms with Crippen molar-refractivity contribution in [3.05, 3.63) is 94.3 Å². The molecule has 0 unspecified atom stereocenters. The SMILES string of the molecule is COC(=O)/C=C/c1ccc(Oc2ccc(N(C)S(=O)(=O)c3ccc(F)cc3)cc2)c([N+](=O)[O-])c1. The molecular weight excluding hydrogens is 467 g/mol. The quantitative estimate of drug-likeness (QED) is 0.199. The Morgan fingerprint density at radius 2 is 1.71 bits per heavy atom. The van der Waals surface area contributed by atoms with Crippen molar-refractivity contribution in [1.82, 2.24) is 0 Å². The van der Waals surface area contributed by atoms with E-state index in [1.807, 2.05) is 0 Å². The molecule has 0 saturated carbocycles. The number of hydrogen-bond donors (Lipinski definition) is 0. The first-order chi connectivity index (χ1) is 16.1. The van der Waals surface area contributed by atoms with E-state index in [4.69, 9.17) is 4.74 Å². The average molecular weight is 486 g/mol. The van der Waals surface area contributed by atoms with Crippen LogP contribution in [0.5, 0.6) is 11.5 Å². The molecule has 0 atom stereocenters. The van der Waals surface area contributed by atoms with Crippen LogP contribution in [0.1, 0.15) is 5.56 Å². The third-order valence-corrected chi connectivity index (χ3v) is 6.49. The zero-order valence-electron chi connectivity index (χ0n) is 18.0. The van der Waals surface area contributed by atoms with Crippen molar-refractivity contribution >= 4 is 33.4 Å². The number of nitro groups is 1. The monoisotopic (exact) mass is 486 g/mol. The first-order valence-electron chi connectivity index (χ1n) is 9.68. The highest BCUT2D eigenvalue weighted by atomic mass is 32.2. The van der Waals surface area contributed by atoms with E-state index >= 15 is 0 Å². The van der Waals surface area contributed by atoms with Gasteiger partial charge in [-0.15, -0.1) is 0 Å². The number of ether oxygens (including phenoxy) is 2. The number of esters is 1. The van der Waals surface area contributed by atoms with E-state index in [9.17, 15) is 27.7 Å². The molecule has 0 radical (unpaired) electrons. The lowest BCUT2D eigenvalue weighted by molar-refractivity contribution is -0.385. The first-order valence-corrected chi connectivity index (χ1v) is 11.1. The molecule has 0 spiro atoms. The number of carbonyl (C=O) groups excluding carboxylic acids is 1. The molecule has 0 aliphatic carbocycles. The van der Waals surface area contributed by atoms with Crippen molar-refractivity contribution in [3.8, 4) is 11.5 Å². The topological polar surface area (TPSA) is 116 Å². The number of methoxy groups -OCH3 is 1. The second-order valence-corrected chi connectivity index (χ2v) is 8.83. The van der Waals surface area contributed by atoms with Gasteiger partial charge in [0.15, 0.2) is 0 Å². The van der Waals surface area contributed by atoms with E-state index in [1.54, 1.807) is 0 Å². The second-order valence-electron chi connectivity index (χ2n) is 6.86. The van der Waals surface area contributed by atoms with Gasteiger partial charge in [-0.2, -0.15) is 0 Å². The number of nitrogens with zero attached hydrogens (tertiary/aromatic N) is 2. The highest BCUT2D eigenvalue weighted by Gasteiger charge is 2.22. The van der Waals surface area contributed by atoms with Crippen LogP contribution in [-0.2, 0) is 19.6 Å². The lowest BCUT2D eigenvalue weighted by Gasteiger charge is -2.20. The van der Waals surface area contributed by atoms with Crippen LogP contribution in [0.15, 0.2) is 77.7 Å². The number of rotatable bonds is 8. The molecule has 176 valence electrons. The van der Waals surface area contributed by atoms with Crippen LogP contribution in [0.3, 0.4) is 0 Å². The molecule has 0 aliphatic rings. The van der Waals surface area contributed by atoms with Gasteiger partial charge in [0.25, 0.3) is 10.0 Å². The highest BCUT2D eigenvalue weighted by molar-refractivity contribution is 7.92. The van der Waals surface area contributed by atoms with Gasteiger partial charge in [0.2, 0.25) is 5.75 Å². The Balaban J connectivity index is 1.81. The standard InChI is InChI=1S/C23H19FN2O7S/c1-25(34(30,31)20-11-5-17(24)6-12-20)18-7-9-19(10-8-18)33-22-13-3-16(4-14-23(27)32-2)15-21(22)26(28)29/h3-15H,1-2H3/b14-4+. The summed E-state index contributed by atoms with van der Waals surface area (Å²) in [5, 5.41) is 11.5. The molecule has 0 amide bonds. The summed E-state index contributed by atoms with van der Waals surface area (Å²) in [6, 6.07) is 14.5. The van der Waals surface area contributed by atoms with Crippen molar-refractivity contribution in [1.29, 1.82) is 0 Å². The van der Waals surface area contributed by atoms with E-state index < -0.39 is 26.7 Å². The Kier molecular flexibility index (Phi) is 7.27. The fourth-order valence-corrected chi connectivity index (χ4v) is 4.05. The highest BCUT2D eigenvalue weighted by Crippen LogP contribution is 2.33. The fraction of sp³-hybridized carbons (Fsp3) is 0.0870. The molecule has 0 saturated heterocycles.